The second kappa shape index (κ2) is 5.36. The van der Waals surface area contributed by atoms with Gasteiger partial charge in [-0.05, 0) is 25.5 Å². The van der Waals surface area contributed by atoms with Gasteiger partial charge in [0.25, 0.3) is 0 Å². The molecule has 1 aromatic carbocycles. The zero-order valence-corrected chi connectivity index (χ0v) is 12.1. The molecule has 0 saturated heterocycles. The van der Waals surface area contributed by atoms with Gasteiger partial charge in [-0.25, -0.2) is 14.6 Å². The van der Waals surface area contributed by atoms with E-state index in [-0.39, 0.29) is 0 Å². The summed E-state index contributed by atoms with van der Waals surface area (Å²) in [6.45, 7) is 4.01. The molecule has 0 fully saturated rings. The summed E-state index contributed by atoms with van der Waals surface area (Å²) in [5, 5.41) is 4.36. The fraction of sp³-hybridized carbons (Fsp3) is 0.188. The van der Waals surface area contributed by atoms with Crippen LogP contribution in [0, 0.1) is 6.92 Å². The summed E-state index contributed by atoms with van der Waals surface area (Å²) in [6, 6.07) is 9.93. The highest BCUT2D eigenvalue weighted by Crippen LogP contribution is 2.21. The zero-order chi connectivity index (χ0) is 14.8. The number of nitrogens with two attached hydrogens (primary N) is 1. The van der Waals surface area contributed by atoms with Gasteiger partial charge in [0, 0.05) is 17.5 Å². The van der Waals surface area contributed by atoms with Crippen molar-refractivity contribution in [2.24, 2.45) is 0 Å². The van der Waals surface area contributed by atoms with Gasteiger partial charge in [0.1, 0.15) is 5.82 Å². The van der Waals surface area contributed by atoms with Crippen molar-refractivity contribution < 1.29 is 0 Å². The van der Waals surface area contributed by atoms with Gasteiger partial charge in [-0.3, -0.25) is 0 Å². The molecule has 0 aliphatic rings. The van der Waals surface area contributed by atoms with Crippen molar-refractivity contribution in [2.45, 2.75) is 20.3 Å². The van der Waals surface area contributed by atoms with Crippen LogP contribution in [0.3, 0.4) is 0 Å². The molecular formula is C16H17N5. The Morgan fingerprint density at radius 2 is 1.90 bits per heavy atom. The first-order chi connectivity index (χ1) is 10.2. The number of para-hydroxylation sites is 1. The maximum atomic E-state index is 6.01. The molecule has 21 heavy (non-hydrogen) atoms. The van der Waals surface area contributed by atoms with Gasteiger partial charge in [0.05, 0.1) is 17.4 Å². The van der Waals surface area contributed by atoms with Crippen molar-refractivity contribution >= 4 is 5.82 Å². The van der Waals surface area contributed by atoms with Crippen LogP contribution < -0.4 is 5.73 Å². The first-order valence-corrected chi connectivity index (χ1v) is 6.92. The van der Waals surface area contributed by atoms with Crippen molar-refractivity contribution in [3.05, 3.63) is 54.0 Å². The molecule has 0 unspecified atom stereocenters. The number of hydrogen-bond acceptors (Lipinski definition) is 4. The fourth-order valence-corrected chi connectivity index (χ4v) is 2.34. The average molecular weight is 279 g/mol. The molecular weight excluding hydrogens is 262 g/mol. The summed E-state index contributed by atoms with van der Waals surface area (Å²) in [7, 11) is 0. The van der Waals surface area contributed by atoms with Crippen molar-refractivity contribution in [3.8, 4) is 17.1 Å². The van der Waals surface area contributed by atoms with Crippen LogP contribution in [0.2, 0.25) is 0 Å². The Balaban J connectivity index is 2.01. The first kappa shape index (κ1) is 13.3. The third-order valence-electron chi connectivity index (χ3n) is 3.46. The predicted octanol–water partition coefficient (Wildman–Crippen LogP) is 2.78. The molecule has 2 N–H and O–H groups in total. The van der Waals surface area contributed by atoms with E-state index in [1.807, 2.05) is 43.5 Å². The number of rotatable bonds is 3. The molecule has 2 heterocycles. The normalized spacial score (nSPS) is 10.8. The Morgan fingerprint density at radius 3 is 2.57 bits per heavy atom. The zero-order valence-electron chi connectivity index (χ0n) is 12.1. The highest BCUT2D eigenvalue weighted by Gasteiger charge is 2.11. The number of nitrogens with zero attached hydrogens (tertiary/aromatic N) is 4. The van der Waals surface area contributed by atoms with Gasteiger partial charge in [0.2, 0.25) is 0 Å². The van der Waals surface area contributed by atoms with E-state index < -0.39 is 0 Å². The summed E-state index contributed by atoms with van der Waals surface area (Å²) in [5.41, 5.74) is 9.80. The van der Waals surface area contributed by atoms with Crippen LogP contribution in [0.1, 0.15) is 18.2 Å². The van der Waals surface area contributed by atoms with E-state index in [9.17, 15) is 0 Å². The predicted molar refractivity (Wildman–Crippen MR) is 83.1 cm³/mol. The Morgan fingerprint density at radius 1 is 1.14 bits per heavy atom. The SMILES string of the molecule is CCc1c(C)nc(-c2cnn(-c3ccccc3)c2)nc1N. The molecule has 0 atom stereocenters. The van der Waals surface area contributed by atoms with Crippen LogP contribution in [-0.4, -0.2) is 19.7 Å². The van der Waals surface area contributed by atoms with Gasteiger partial charge < -0.3 is 5.73 Å². The average Bonchev–Trinajstić information content (AvgIpc) is 2.97. The highest BCUT2D eigenvalue weighted by molar-refractivity contribution is 5.57. The van der Waals surface area contributed by atoms with Crippen LogP contribution >= 0.6 is 0 Å². The second-order valence-corrected chi connectivity index (χ2v) is 4.86. The number of anilines is 1. The van der Waals surface area contributed by atoms with Gasteiger partial charge in [0.15, 0.2) is 5.82 Å². The Bertz CT molecular complexity index is 738. The van der Waals surface area contributed by atoms with Crippen molar-refractivity contribution in [1.82, 2.24) is 19.7 Å². The summed E-state index contributed by atoms with van der Waals surface area (Å²) in [5.74, 6) is 1.16. The van der Waals surface area contributed by atoms with E-state index in [1.165, 1.54) is 0 Å². The fourth-order valence-electron chi connectivity index (χ4n) is 2.34. The summed E-state index contributed by atoms with van der Waals surface area (Å²) in [4.78, 5) is 8.93. The number of nitrogen functional groups attached to an aromatic ring is 1. The standard InChI is InChI=1S/C16H17N5/c1-3-14-11(2)19-16(20-15(14)17)12-9-18-21(10-12)13-7-5-4-6-8-13/h4-10H,3H2,1-2H3,(H2,17,19,20). The lowest BCUT2D eigenvalue weighted by Crippen LogP contribution is -2.04. The highest BCUT2D eigenvalue weighted by atomic mass is 15.3. The minimum absolute atomic E-state index is 0.549. The van der Waals surface area contributed by atoms with Crippen LogP contribution in [-0.2, 0) is 6.42 Å². The lowest BCUT2D eigenvalue weighted by molar-refractivity contribution is 0.880. The van der Waals surface area contributed by atoms with E-state index in [2.05, 4.69) is 22.0 Å². The molecule has 0 bridgehead atoms. The summed E-state index contributed by atoms with van der Waals surface area (Å²) < 4.78 is 1.80. The Kier molecular flexibility index (Phi) is 3.39. The number of hydrogen-bond donors (Lipinski definition) is 1. The van der Waals surface area contributed by atoms with Gasteiger partial charge >= 0.3 is 0 Å². The molecule has 2 aromatic heterocycles. The molecule has 0 aliphatic heterocycles. The molecule has 5 heteroatoms. The molecule has 0 spiro atoms. The monoisotopic (exact) mass is 279 g/mol. The number of benzene rings is 1. The minimum atomic E-state index is 0.549. The van der Waals surface area contributed by atoms with Gasteiger partial charge in [-0.15, -0.1) is 0 Å². The van der Waals surface area contributed by atoms with Crippen molar-refractivity contribution in [2.75, 3.05) is 5.73 Å². The molecule has 3 rings (SSSR count). The molecule has 0 saturated carbocycles. The summed E-state index contributed by atoms with van der Waals surface area (Å²) in [6.07, 6.45) is 4.50. The Labute approximate surface area is 123 Å². The van der Waals surface area contributed by atoms with Gasteiger partial charge in [-0.2, -0.15) is 5.10 Å². The molecule has 3 aromatic rings. The van der Waals surface area contributed by atoms with Gasteiger partial charge in [-0.1, -0.05) is 25.1 Å². The molecule has 106 valence electrons. The van der Waals surface area contributed by atoms with Crippen molar-refractivity contribution in [3.63, 3.8) is 0 Å². The molecule has 0 amide bonds. The maximum absolute atomic E-state index is 6.01. The van der Waals surface area contributed by atoms with Crippen LogP contribution in [0.25, 0.3) is 17.1 Å². The quantitative estimate of drug-likeness (QED) is 0.800. The van der Waals surface area contributed by atoms with Crippen LogP contribution in [0.5, 0.6) is 0 Å². The number of aryl methyl sites for hydroxylation is 1. The third kappa shape index (κ3) is 2.50. The van der Waals surface area contributed by atoms with E-state index in [1.54, 1.807) is 10.9 Å². The molecule has 0 aliphatic carbocycles. The maximum Gasteiger partial charge on any atom is 0.164 e. The lowest BCUT2D eigenvalue weighted by atomic mass is 10.1. The molecule has 5 nitrogen and oxygen atoms in total. The first-order valence-electron chi connectivity index (χ1n) is 6.92. The summed E-state index contributed by atoms with van der Waals surface area (Å²) >= 11 is 0. The van der Waals surface area contributed by atoms with Crippen molar-refractivity contribution in [1.29, 1.82) is 0 Å². The van der Waals surface area contributed by atoms with Crippen LogP contribution in [0.4, 0.5) is 5.82 Å². The molecule has 0 radical (unpaired) electrons. The minimum Gasteiger partial charge on any atom is -0.383 e. The lowest BCUT2D eigenvalue weighted by Gasteiger charge is -2.07. The van der Waals surface area contributed by atoms with E-state index in [4.69, 9.17) is 5.73 Å². The Hall–Kier alpha value is -2.69. The topological polar surface area (TPSA) is 69.6 Å². The number of aromatic nitrogens is 4. The van der Waals surface area contributed by atoms with Crippen LogP contribution in [0.15, 0.2) is 42.7 Å². The smallest absolute Gasteiger partial charge is 0.164 e. The van der Waals surface area contributed by atoms with E-state index >= 15 is 0 Å². The van der Waals surface area contributed by atoms with E-state index in [0.717, 1.165) is 28.9 Å². The largest absolute Gasteiger partial charge is 0.383 e. The van der Waals surface area contributed by atoms with E-state index in [0.29, 0.717) is 11.6 Å². The second-order valence-electron chi connectivity index (χ2n) is 4.86. The third-order valence-corrected chi connectivity index (χ3v) is 3.46.